The Morgan fingerprint density at radius 2 is 1.79 bits per heavy atom. The molecule has 1 aromatic heterocycles. The SMILES string of the molecule is N#Cc1c(-c2ccc(Cl)cc2)[nH]c(=O)n([C@@H]2O[C@H](CO)[C@H](O)[C@H](O)[C@H]2O)c1=O. The molecule has 148 valence electrons. The second-order valence-corrected chi connectivity index (χ2v) is 6.63. The van der Waals surface area contributed by atoms with E-state index in [-0.39, 0.29) is 5.69 Å². The van der Waals surface area contributed by atoms with Gasteiger partial charge in [-0.2, -0.15) is 5.26 Å². The van der Waals surface area contributed by atoms with Crippen molar-refractivity contribution >= 4 is 11.6 Å². The highest BCUT2D eigenvalue weighted by molar-refractivity contribution is 6.30. The van der Waals surface area contributed by atoms with Crippen LogP contribution in [0.2, 0.25) is 5.02 Å². The van der Waals surface area contributed by atoms with Crippen molar-refractivity contribution in [3.05, 3.63) is 55.7 Å². The van der Waals surface area contributed by atoms with E-state index in [9.17, 15) is 35.3 Å². The van der Waals surface area contributed by atoms with Crippen LogP contribution in [0, 0.1) is 11.3 Å². The number of aliphatic hydroxyl groups excluding tert-OH is 4. The molecule has 10 nitrogen and oxygen atoms in total. The van der Waals surface area contributed by atoms with E-state index in [0.29, 0.717) is 15.2 Å². The van der Waals surface area contributed by atoms with Crippen LogP contribution in [0.4, 0.5) is 0 Å². The molecule has 1 aromatic carbocycles. The molecule has 2 heterocycles. The van der Waals surface area contributed by atoms with E-state index in [1.807, 2.05) is 0 Å². The highest BCUT2D eigenvalue weighted by Crippen LogP contribution is 2.27. The lowest BCUT2D eigenvalue weighted by Crippen LogP contribution is -2.59. The third-order valence-electron chi connectivity index (χ3n) is 4.50. The quantitative estimate of drug-likeness (QED) is 0.416. The average molecular weight is 410 g/mol. The number of hydrogen-bond acceptors (Lipinski definition) is 8. The van der Waals surface area contributed by atoms with Crippen LogP contribution >= 0.6 is 11.6 Å². The predicted molar refractivity (Wildman–Crippen MR) is 95.5 cm³/mol. The number of aromatic nitrogens is 2. The first-order valence-corrected chi connectivity index (χ1v) is 8.53. The number of nitriles is 1. The van der Waals surface area contributed by atoms with E-state index in [0.717, 1.165) is 0 Å². The lowest BCUT2D eigenvalue weighted by atomic mass is 9.98. The molecule has 11 heteroatoms. The molecule has 3 rings (SSSR count). The molecular formula is C17H16ClN3O7. The summed E-state index contributed by atoms with van der Waals surface area (Å²) in [5, 5.41) is 49.1. The van der Waals surface area contributed by atoms with Crippen molar-refractivity contribution in [2.75, 3.05) is 6.61 Å². The first-order chi connectivity index (χ1) is 13.3. The Hall–Kier alpha value is -2.52. The first-order valence-electron chi connectivity index (χ1n) is 8.15. The molecule has 0 amide bonds. The van der Waals surface area contributed by atoms with E-state index in [4.69, 9.17) is 16.3 Å². The van der Waals surface area contributed by atoms with Gasteiger partial charge in [-0.3, -0.25) is 4.79 Å². The van der Waals surface area contributed by atoms with Crippen LogP contribution in [-0.2, 0) is 4.74 Å². The Morgan fingerprint density at radius 1 is 1.14 bits per heavy atom. The molecule has 2 aromatic rings. The standard InChI is InChI=1S/C17H16ClN3O7/c18-8-3-1-7(2-4-8)11-9(5-19)15(26)21(17(27)20-11)16-14(25)13(24)12(23)10(6-22)28-16/h1-4,10,12-14,16,22-25H,6H2,(H,20,27)/t10-,12+,13+,14-,16-/m1/s1. The van der Waals surface area contributed by atoms with Gasteiger partial charge in [0.1, 0.15) is 36.0 Å². The van der Waals surface area contributed by atoms with Gasteiger partial charge in [-0.05, 0) is 17.7 Å². The zero-order chi connectivity index (χ0) is 20.6. The molecule has 0 unspecified atom stereocenters. The Bertz CT molecular complexity index is 1030. The second kappa shape index (κ2) is 7.84. The van der Waals surface area contributed by atoms with Crippen molar-refractivity contribution in [2.24, 2.45) is 0 Å². The van der Waals surface area contributed by atoms with Crippen molar-refractivity contribution < 1.29 is 25.2 Å². The van der Waals surface area contributed by atoms with Gasteiger partial charge in [-0.1, -0.05) is 23.7 Å². The number of nitrogens with zero attached hydrogens (tertiary/aromatic N) is 2. The highest BCUT2D eigenvalue weighted by Gasteiger charge is 2.45. The van der Waals surface area contributed by atoms with Gasteiger partial charge in [0.05, 0.1) is 12.3 Å². The van der Waals surface area contributed by atoms with Gasteiger partial charge in [-0.25, -0.2) is 9.36 Å². The zero-order valence-corrected chi connectivity index (χ0v) is 14.9. The third kappa shape index (κ3) is 3.35. The molecule has 5 atom stereocenters. The summed E-state index contributed by atoms with van der Waals surface area (Å²) in [5.41, 5.74) is -2.20. The van der Waals surface area contributed by atoms with Crippen LogP contribution in [0.5, 0.6) is 0 Å². The third-order valence-corrected chi connectivity index (χ3v) is 4.75. The number of ether oxygens (including phenoxy) is 1. The Labute approximate surface area is 162 Å². The van der Waals surface area contributed by atoms with Crippen LogP contribution in [0.3, 0.4) is 0 Å². The first kappa shape index (κ1) is 20.2. The number of H-pyrrole nitrogens is 1. The molecule has 0 radical (unpaired) electrons. The number of benzene rings is 1. The Balaban J connectivity index is 2.16. The molecule has 1 saturated heterocycles. The van der Waals surface area contributed by atoms with Crippen molar-refractivity contribution in [1.29, 1.82) is 5.26 Å². The fourth-order valence-electron chi connectivity index (χ4n) is 3.01. The summed E-state index contributed by atoms with van der Waals surface area (Å²) in [4.78, 5) is 27.8. The number of aliphatic hydroxyl groups is 4. The van der Waals surface area contributed by atoms with E-state index >= 15 is 0 Å². The minimum Gasteiger partial charge on any atom is -0.394 e. The fraction of sp³-hybridized carbons (Fsp3) is 0.353. The largest absolute Gasteiger partial charge is 0.394 e. The molecule has 0 bridgehead atoms. The maximum atomic E-state index is 12.8. The fourth-order valence-corrected chi connectivity index (χ4v) is 3.14. The van der Waals surface area contributed by atoms with Gasteiger partial charge in [0.25, 0.3) is 5.56 Å². The normalized spacial score (nSPS) is 27.4. The van der Waals surface area contributed by atoms with Crippen molar-refractivity contribution in [3.63, 3.8) is 0 Å². The lowest BCUT2D eigenvalue weighted by Gasteiger charge is -2.40. The van der Waals surface area contributed by atoms with Gasteiger partial charge in [0.2, 0.25) is 0 Å². The summed E-state index contributed by atoms with van der Waals surface area (Å²) in [5.74, 6) is 0. The zero-order valence-electron chi connectivity index (χ0n) is 14.2. The number of halogens is 1. The van der Waals surface area contributed by atoms with Crippen molar-refractivity contribution in [1.82, 2.24) is 9.55 Å². The predicted octanol–water partition coefficient (Wildman–Crippen LogP) is -1.30. The van der Waals surface area contributed by atoms with E-state index in [2.05, 4.69) is 4.98 Å². The van der Waals surface area contributed by atoms with Gasteiger partial charge in [-0.15, -0.1) is 0 Å². The average Bonchev–Trinajstić information content (AvgIpc) is 2.68. The molecule has 1 aliphatic rings. The number of rotatable bonds is 3. The van der Waals surface area contributed by atoms with Crippen LogP contribution in [0.1, 0.15) is 11.8 Å². The van der Waals surface area contributed by atoms with Gasteiger partial charge in [0, 0.05) is 5.02 Å². The number of aromatic amines is 1. The van der Waals surface area contributed by atoms with Crippen LogP contribution in [0.25, 0.3) is 11.3 Å². The van der Waals surface area contributed by atoms with Crippen LogP contribution < -0.4 is 11.2 Å². The van der Waals surface area contributed by atoms with Crippen LogP contribution in [0.15, 0.2) is 33.9 Å². The topological polar surface area (TPSA) is 169 Å². The Kier molecular flexibility index (Phi) is 5.66. The lowest BCUT2D eigenvalue weighted by molar-refractivity contribution is -0.252. The van der Waals surface area contributed by atoms with E-state index in [1.165, 1.54) is 24.3 Å². The van der Waals surface area contributed by atoms with E-state index in [1.54, 1.807) is 6.07 Å². The van der Waals surface area contributed by atoms with Gasteiger partial charge >= 0.3 is 5.69 Å². The molecule has 5 N–H and O–H groups in total. The summed E-state index contributed by atoms with van der Waals surface area (Å²) in [6.45, 7) is -0.734. The molecule has 0 aliphatic carbocycles. The molecule has 0 spiro atoms. The van der Waals surface area contributed by atoms with Gasteiger partial charge in [0.15, 0.2) is 6.23 Å². The summed E-state index contributed by atoms with van der Waals surface area (Å²) in [7, 11) is 0. The number of nitrogens with one attached hydrogen (secondary N) is 1. The highest BCUT2D eigenvalue weighted by atomic mass is 35.5. The summed E-state index contributed by atoms with van der Waals surface area (Å²) >= 11 is 5.82. The van der Waals surface area contributed by atoms with Crippen LogP contribution in [-0.4, -0.2) is 61.0 Å². The molecular weight excluding hydrogens is 394 g/mol. The maximum Gasteiger partial charge on any atom is 0.331 e. The minimum atomic E-state index is -1.86. The number of hydrogen-bond donors (Lipinski definition) is 5. The summed E-state index contributed by atoms with van der Waals surface area (Å²) < 4.78 is 5.68. The van der Waals surface area contributed by atoms with Gasteiger partial charge < -0.3 is 30.1 Å². The van der Waals surface area contributed by atoms with Crippen molar-refractivity contribution in [3.8, 4) is 17.3 Å². The second-order valence-electron chi connectivity index (χ2n) is 6.19. The maximum absolute atomic E-state index is 12.8. The summed E-state index contributed by atoms with van der Waals surface area (Å²) in [6, 6.07) is 7.75. The smallest absolute Gasteiger partial charge is 0.331 e. The van der Waals surface area contributed by atoms with Crippen molar-refractivity contribution in [2.45, 2.75) is 30.6 Å². The molecule has 28 heavy (non-hydrogen) atoms. The minimum absolute atomic E-state index is 0.0463. The van der Waals surface area contributed by atoms with E-state index < -0.39 is 54.1 Å². The summed E-state index contributed by atoms with van der Waals surface area (Å²) in [6.07, 6.45) is -8.35. The molecule has 1 aliphatic heterocycles. The molecule has 0 saturated carbocycles. The molecule has 1 fully saturated rings. The Morgan fingerprint density at radius 3 is 2.36 bits per heavy atom. The monoisotopic (exact) mass is 409 g/mol.